The normalized spacial score (nSPS) is 25.3. The first-order valence-electron chi connectivity index (χ1n) is 4.83. The zero-order valence-electron chi connectivity index (χ0n) is 8.20. The summed E-state index contributed by atoms with van der Waals surface area (Å²) >= 11 is 0. The first-order chi connectivity index (χ1) is 6.79. The maximum Gasteiger partial charge on any atom is 0.243 e. The van der Waals surface area contributed by atoms with Gasteiger partial charge in [0.05, 0.1) is 0 Å². The number of halogens is 3. The van der Waals surface area contributed by atoms with Gasteiger partial charge in [-0.05, 0) is 5.56 Å². The SMILES string of the molecule is Cl.FC(F)C1CNCC1c1ccccc1. The fraction of sp³-hybridized carbons (Fsp3) is 0.455. The minimum absolute atomic E-state index is 0. The lowest BCUT2D eigenvalue weighted by molar-refractivity contribution is 0.0788. The Labute approximate surface area is 94.3 Å². The highest BCUT2D eigenvalue weighted by Gasteiger charge is 2.34. The van der Waals surface area contributed by atoms with Gasteiger partial charge in [-0.15, -0.1) is 12.4 Å². The van der Waals surface area contributed by atoms with Gasteiger partial charge in [0.15, 0.2) is 0 Å². The smallest absolute Gasteiger partial charge is 0.243 e. The molecule has 2 atom stereocenters. The molecule has 1 aromatic carbocycles. The summed E-state index contributed by atoms with van der Waals surface area (Å²) in [5.74, 6) is -0.561. The Balaban J connectivity index is 0.00000112. The third kappa shape index (κ3) is 2.67. The first-order valence-corrected chi connectivity index (χ1v) is 4.83. The van der Waals surface area contributed by atoms with Crippen LogP contribution in [0.25, 0.3) is 0 Å². The summed E-state index contributed by atoms with van der Waals surface area (Å²) < 4.78 is 25.3. The number of rotatable bonds is 2. The minimum atomic E-state index is -2.23. The molecule has 0 radical (unpaired) electrons. The highest BCUT2D eigenvalue weighted by molar-refractivity contribution is 5.85. The Hall–Kier alpha value is -0.670. The van der Waals surface area contributed by atoms with Crippen LogP contribution < -0.4 is 5.32 Å². The number of benzene rings is 1. The molecule has 1 fully saturated rings. The van der Waals surface area contributed by atoms with Crippen LogP contribution >= 0.6 is 12.4 Å². The highest BCUT2D eigenvalue weighted by atomic mass is 35.5. The monoisotopic (exact) mass is 233 g/mol. The number of hydrogen-bond acceptors (Lipinski definition) is 1. The van der Waals surface area contributed by atoms with E-state index in [-0.39, 0.29) is 18.3 Å². The number of nitrogens with one attached hydrogen (secondary N) is 1. The average Bonchev–Trinajstić information content (AvgIpc) is 2.67. The van der Waals surface area contributed by atoms with Crippen molar-refractivity contribution in [3.63, 3.8) is 0 Å². The molecule has 1 saturated heterocycles. The summed E-state index contributed by atoms with van der Waals surface area (Å²) in [4.78, 5) is 0. The maximum atomic E-state index is 12.6. The van der Waals surface area contributed by atoms with Gasteiger partial charge in [0, 0.05) is 24.9 Å². The zero-order valence-corrected chi connectivity index (χ0v) is 9.01. The third-order valence-electron chi connectivity index (χ3n) is 2.81. The molecule has 1 N–H and O–H groups in total. The summed E-state index contributed by atoms with van der Waals surface area (Å²) in [6, 6.07) is 9.55. The molecular formula is C11H14ClF2N. The van der Waals surface area contributed by atoms with E-state index < -0.39 is 12.3 Å². The predicted octanol–water partition coefficient (Wildman–Crippen LogP) is 2.68. The predicted molar refractivity (Wildman–Crippen MR) is 58.8 cm³/mol. The molecule has 2 rings (SSSR count). The number of hydrogen-bond donors (Lipinski definition) is 1. The molecule has 0 amide bonds. The topological polar surface area (TPSA) is 12.0 Å². The summed E-state index contributed by atoms with van der Waals surface area (Å²) in [5, 5.41) is 3.02. The van der Waals surface area contributed by atoms with Gasteiger partial charge in [0.1, 0.15) is 0 Å². The average molecular weight is 234 g/mol. The van der Waals surface area contributed by atoms with Gasteiger partial charge in [-0.25, -0.2) is 8.78 Å². The van der Waals surface area contributed by atoms with Crippen LogP contribution in [0.2, 0.25) is 0 Å². The molecule has 0 bridgehead atoms. The molecule has 15 heavy (non-hydrogen) atoms. The van der Waals surface area contributed by atoms with Crippen LogP contribution in [0, 0.1) is 5.92 Å². The molecule has 84 valence electrons. The molecule has 1 aliphatic rings. The van der Waals surface area contributed by atoms with Crippen molar-refractivity contribution in [2.45, 2.75) is 12.3 Å². The quantitative estimate of drug-likeness (QED) is 0.828. The van der Waals surface area contributed by atoms with Crippen LogP contribution in [0.3, 0.4) is 0 Å². The van der Waals surface area contributed by atoms with Crippen molar-refractivity contribution in [2.75, 3.05) is 13.1 Å². The van der Waals surface area contributed by atoms with Crippen LogP contribution in [-0.4, -0.2) is 19.5 Å². The van der Waals surface area contributed by atoms with Crippen LogP contribution in [0.15, 0.2) is 30.3 Å². The van der Waals surface area contributed by atoms with Crippen LogP contribution in [0.4, 0.5) is 8.78 Å². The van der Waals surface area contributed by atoms with E-state index in [2.05, 4.69) is 5.32 Å². The summed E-state index contributed by atoms with van der Waals surface area (Å²) in [5.41, 5.74) is 1.02. The van der Waals surface area contributed by atoms with E-state index in [1.807, 2.05) is 30.3 Å². The fourth-order valence-electron chi connectivity index (χ4n) is 2.03. The van der Waals surface area contributed by atoms with Gasteiger partial charge in [-0.1, -0.05) is 30.3 Å². The molecule has 1 nitrogen and oxygen atoms in total. The molecule has 0 aliphatic carbocycles. The molecule has 2 unspecified atom stereocenters. The lowest BCUT2D eigenvalue weighted by Gasteiger charge is -2.17. The Morgan fingerprint density at radius 3 is 2.40 bits per heavy atom. The van der Waals surface area contributed by atoms with Crippen molar-refractivity contribution in [2.24, 2.45) is 5.92 Å². The molecule has 0 saturated carbocycles. The molecule has 0 spiro atoms. The summed E-state index contributed by atoms with van der Waals surface area (Å²) in [6.07, 6.45) is -2.23. The van der Waals surface area contributed by atoms with Crippen LogP contribution in [-0.2, 0) is 0 Å². The molecule has 1 heterocycles. The van der Waals surface area contributed by atoms with Crippen molar-refractivity contribution >= 4 is 12.4 Å². The lowest BCUT2D eigenvalue weighted by Crippen LogP contribution is -2.19. The first kappa shape index (κ1) is 12.4. The summed E-state index contributed by atoms with van der Waals surface area (Å²) in [7, 11) is 0. The largest absolute Gasteiger partial charge is 0.316 e. The fourth-order valence-corrected chi connectivity index (χ4v) is 2.03. The van der Waals surface area contributed by atoms with E-state index in [1.54, 1.807) is 0 Å². The van der Waals surface area contributed by atoms with Crippen molar-refractivity contribution in [3.8, 4) is 0 Å². The molecule has 1 aliphatic heterocycles. The van der Waals surface area contributed by atoms with E-state index in [0.29, 0.717) is 13.1 Å². The lowest BCUT2D eigenvalue weighted by atomic mass is 9.89. The van der Waals surface area contributed by atoms with E-state index in [4.69, 9.17) is 0 Å². The third-order valence-corrected chi connectivity index (χ3v) is 2.81. The van der Waals surface area contributed by atoms with Gasteiger partial charge in [-0.2, -0.15) is 0 Å². The van der Waals surface area contributed by atoms with Gasteiger partial charge in [-0.3, -0.25) is 0 Å². The second-order valence-corrected chi connectivity index (χ2v) is 3.67. The van der Waals surface area contributed by atoms with Crippen molar-refractivity contribution in [1.29, 1.82) is 0 Å². The second-order valence-electron chi connectivity index (χ2n) is 3.67. The Morgan fingerprint density at radius 2 is 1.80 bits per heavy atom. The highest BCUT2D eigenvalue weighted by Crippen LogP contribution is 2.31. The molecular weight excluding hydrogens is 220 g/mol. The van der Waals surface area contributed by atoms with Crippen LogP contribution in [0.5, 0.6) is 0 Å². The van der Waals surface area contributed by atoms with E-state index in [9.17, 15) is 8.78 Å². The maximum absolute atomic E-state index is 12.6. The zero-order chi connectivity index (χ0) is 9.97. The second kappa shape index (κ2) is 5.42. The Bertz CT molecular complexity index is 292. The number of alkyl halides is 2. The van der Waals surface area contributed by atoms with Gasteiger partial charge >= 0.3 is 0 Å². The van der Waals surface area contributed by atoms with Gasteiger partial charge < -0.3 is 5.32 Å². The molecule has 1 aromatic rings. The van der Waals surface area contributed by atoms with Gasteiger partial charge in [0.25, 0.3) is 0 Å². The van der Waals surface area contributed by atoms with Crippen molar-refractivity contribution in [1.82, 2.24) is 5.32 Å². The Morgan fingerprint density at radius 1 is 1.13 bits per heavy atom. The standard InChI is InChI=1S/C11H13F2N.ClH/c12-11(13)10-7-14-6-9(10)8-4-2-1-3-5-8;/h1-5,9-11,14H,6-7H2;1H. The molecule has 4 heteroatoms. The van der Waals surface area contributed by atoms with Crippen molar-refractivity contribution < 1.29 is 8.78 Å². The minimum Gasteiger partial charge on any atom is -0.316 e. The van der Waals surface area contributed by atoms with Crippen molar-refractivity contribution in [3.05, 3.63) is 35.9 Å². The van der Waals surface area contributed by atoms with E-state index in [1.165, 1.54) is 0 Å². The van der Waals surface area contributed by atoms with E-state index in [0.717, 1.165) is 5.56 Å². The van der Waals surface area contributed by atoms with Gasteiger partial charge in [0.2, 0.25) is 6.43 Å². The van der Waals surface area contributed by atoms with Crippen LogP contribution in [0.1, 0.15) is 11.5 Å². The Kier molecular flexibility index (Phi) is 4.48. The van der Waals surface area contributed by atoms with E-state index >= 15 is 0 Å². The molecule has 0 aromatic heterocycles. The summed E-state index contributed by atoms with van der Waals surface area (Å²) in [6.45, 7) is 1.09.